The van der Waals surface area contributed by atoms with Gasteiger partial charge in [-0.05, 0) is 61.7 Å². The summed E-state index contributed by atoms with van der Waals surface area (Å²) in [6, 6.07) is 18.0. The molecule has 0 N–H and O–H groups in total. The first-order valence-electron chi connectivity index (χ1n) is 11.8. The van der Waals surface area contributed by atoms with Crippen molar-refractivity contribution in [3.05, 3.63) is 107 Å². The maximum atomic E-state index is 13.7. The van der Waals surface area contributed by atoms with Crippen molar-refractivity contribution in [3.8, 4) is 0 Å². The largest absolute Gasteiger partial charge is 0.298 e. The van der Waals surface area contributed by atoms with Crippen LogP contribution < -0.4 is 0 Å². The second kappa shape index (κ2) is 8.16. The molecule has 37 heavy (non-hydrogen) atoms. The molecule has 0 unspecified atom stereocenters. The van der Waals surface area contributed by atoms with Gasteiger partial charge in [-0.3, -0.25) is 9.10 Å². The van der Waals surface area contributed by atoms with Gasteiger partial charge in [-0.25, -0.2) is 20.8 Å². The number of carbonyl (C=O) groups is 1. The van der Waals surface area contributed by atoms with Gasteiger partial charge in [-0.2, -0.15) is 0 Å². The predicted molar refractivity (Wildman–Crippen MR) is 140 cm³/mol. The number of aryl methyl sites for hydroxylation is 2. The highest BCUT2D eigenvalue weighted by atomic mass is 32.2. The highest BCUT2D eigenvalue weighted by molar-refractivity contribution is 7.90. The molecule has 1 aliphatic heterocycles. The summed E-state index contributed by atoms with van der Waals surface area (Å²) in [4.78, 5) is 12.4. The van der Waals surface area contributed by atoms with E-state index in [4.69, 9.17) is 0 Å². The van der Waals surface area contributed by atoms with E-state index in [9.17, 15) is 21.6 Å². The van der Waals surface area contributed by atoms with E-state index in [1.807, 2.05) is 19.9 Å². The summed E-state index contributed by atoms with van der Waals surface area (Å²) in [5, 5.41) is 0.752. The third-order valence-electron chi connectivity index (χ3n) is 7.33. The van der Waals surface area contributed by atoms with Gasteiger partial charge in [-0.15, -0.1) is 0 Å². The fraction of sp³-hybridized carbons (Fsp3) is 0.179. The zero-order chi connectivity index (χ0) is 26.1. The fourth-order valence-corrected chi connectivity index (χ4v) is 8.42. The molecule has 0 saturated carbocycles. The molecule has 2 atom stereocenters. The Morgan fingerprint density at radius 2 is 1.41 bits per heavy atom. The summed E-state index contributed by atoms with van der Waals surface area (Å²) in [5.74, 6) is -0.494. The minimum Gasteiger partial charge on any atom is -0.298 e. The van der Waals surface area contributed by atoms with Crippen LogP contribution in [0.3, 0.4) is 0 Å². The normalized spacial score (nSPS) is 19.1. The van der Waals surface area contributed by atoms with Gasteiger partial charge in [-0.1, -0.05) is 47.5 Å². The van der Waals surface area contributed by atoms with Crippen molar-refractivity contribution < 1.29 is 21.6 Å². The van der Waals surface area contributed by atoms with Crippen LogP contribution in [0.15, 0.2) is 94.5 Å². The van der Waals surface area contributed by atoms with E-state index in [-0.39, 0.29) is 16.2 Å². The summed E-state index contributed by atoms with van der Waals surface area (Å²) in [6.45, 7) is 3.77. The number of benzene rings is 3. The first kappa shape index (κ1) is 23.7. The molecule has 0 bridgehead atoms. The molecule has 0 saturated heterocycles. The third-order valence-corrected chi connectivity index (χ3v) is 10.8. The van der Waals surface area contributed by atoms with Crippen molar-refractivity contribution >= 4 is 37.2 Å². The van der Waals surface area contributed by atoms with Gasteiger partial charge in [0.1, 0.15) is 6.29 Å². The first-order chi connectivity index (χ1) is 17.6. The van der Waals surface area contributed by atoms with E-state index < -0.39 is 32.0 Å². The molecule has 1 aromatic heterocycles. The predicted octanol–water partition coefficient (Wildman–Crippen LogP) is 4.29. The van der Waals surface area contributed by atoms with Crippen molar-refractivity contribution in [3.63, 3.8) is 0 Å². The lowest BCUT2D eigenvalue weighted by molar-refractivity contribution is -0.105. The quantitative estimate of drug-likeness (QED) is 0.358. The van der Waals surface area contributed by atoms with Crippen molar-refractivity contribution in [2.75, 3.05) is 0 Å². The van der Waals surface area contributed by atoms with Crippen LogP contribution >= 0.6 is 0 Å². The van der Waals surface area contributed by atoms with E-state index in [0.717, 1.165) is 27.6 Å². The van der Waals surface area contributed by atoms with Crippen LogP contribution in [0.4, 0.5) is 0 Å². The Kier molecular flexibility index (Phi) is 5.22. The number of hydrogen-bond acceptors (Lipinski definition) is 5. The SMILES string of the molecule is Cc1ccc(S(=O)(=O)N2C=C(C=O)[C@H]3c4cccc5c4c(cn5S(=O)(=O)c4ccc(C)cc4)C[C@H]32)cc1. The molecular weight excluding hydrogens is 508 g/mol. The van der Waals surface area contributed by atoms with E-state index in [0.29, 0.717) is 17.4 Å². The third kappa shape index (κ3) is 3.48. The topological polar surface area (TPSA) is 93.5 Å². The van der Waals surface area contributed by atoms with Gasteiger partial charge < -0.3 is 0 Å². The molecule has 2 heterocycles. The molecule has 0 amide bonds. The Bertz CT molecular complexity index is 1820. The summed E-state index contributed by atoms with van der Waals surface area (Å²) in [7, 11) is -7.83. The standard InChI is InChI=1S/C28H24N2O5S2/c1-18-6-10-22(11-7-18)36(32,33)29-15-20-14-26-28(24-4-3-5-25(29)27(20)24)21(17-31)16-30(26)37(34,35)23-12-8-19(2)9-13-23/h3-13,15-17,26,28H,14H2,1-2H3/t26-,28+/m1/s1. The molecule has 7 nitrogen and oxygen atoms in total. The van der Waals surface area contributed by atoms with Crippen LogP contribution in [-0.4, -0.2) is 37.4 Å². The zero-order valence-corrected chi connectivity index (χ0v) is 21.8. The Balaban J connectivity index is 1.50. The number of carbonyl (C=O) groups excluding carboxylic acids is 1. The average molecular weight is 533 g/mol. The highest BCUT2D eigenvalue weighted by Gasteiger charge is 2.46. The molecule has 9 heteroatoms. The van der Waals surface area contributed by atoms with Crippen LogP contribution in [0.1, 0.15) is 28.2 Å². The fourth-order valence-electron chi connectivity index (χ4n) is 5.50. The number of nitrogens with zero attached hydrogens (tertiary/aromatic N) is 2. The van der Waals surface area contributed by atoms with Crippen molar-refractivity contribution in [1.29, 1.82) is 0 Å². The van der Waals surface area contributed by atoms with E-state index in [1.54, 1.807) is 66.9 Å². The van der Waals surface area contributed by atoms with Crippen LogP contribution in [0.25, 0.3) is 10.9 Å². The second-order valence-electron chi connectivity index (χ2n) is 9.65. The number of fused-ring (bicyclic) bond motifs is 2. The highest BCUT2D eigenvalue weighted by Crippen LogP contribution is 2.48. The van der Waals surface area contributed by atoms with Crippen LogP contribution in [0.2, 0.25) is 0 Å². The van der Waals surface area contributed by atoms with Crippen molar-refractivity contribution in [1.82, 2.24) is 8.28 Å². The van der Waals surface area contributed by atoms with Crippen LogP contribution in [0.5, 0.6) is 0 Å². The van der Waals surface area contributed by atoms with Crippen LogP contribution in [0, 0.1) is 13.8 Å². The Labute approximate surface area is 215 Å². The lowest BCUT2D eigenvalue weighted by Gasteiger charge is -2.33. The monoisotopic (exact) mass is 532 g/mol. The second-order valence-corrected chi connectivity index (χ2v) is 13.3. The van der Waals surface area contributed by atoms with Crippen molar-refractivity contribution in [2.24, 2.45) is 0 Å². The smallest absolute Gasteiger partial charge is 0.268 e. The van der Waals surface area contributed by atoms with Crippen LogP contribution in [-0.2, 0) is 31.3 Å². The number of sulfonamides is 1. The van der Waals surface area contributed by atoms with Gasteiger partial charge in [0.15, 0.2) is 0 Å². The average Bonchev–Trinajstić information content (AvgIpc) is 3.45. The van der Waals surface area contributed by atoms with E-state index in [1.165, 1.54) is 14.5 Å². The van der Waals surface area contributed by atoms with Crippen molar-refractivity contribution in [2.45, 2.75) is 42.0 Å². The number of hydrogen-bond donors (Lipinski definition) is 0. The van der Waals surface area contributed by atoms with Gasteiger partial charge in [0.2, 0.25) is 0 Å². The lowest BCUT2D eigenvalue weighted by Crippen LogP contribution is -2.39. The summed E-state index contributed by atoms with van der Waals surface area (Å²) < 4.78 is 57.1. The molecule has 0 radical (unpaired) electrons. The zero-order valence-electron chi connectivity index (χ0n) is 20.2. The molecular formula is C28H24N2O5S2. The molecule has 188 valence electrons. The Hall–Kier alpha value is -3.69. The molecule has 4 aromatic rings. The number of rotatable bonds is 5. The molecule has 3 aromatic carbocycles. The maximum Gasteiger partial charge on any atom is 0.268 e. The maximum absolute atomic E-state index is 13.7. The first-order valence-corrected chi connectivity index (χ1v) is 14.7. The number of aromatic nitrogens is 1. The molecule has 1 aliphatic carbocycles. The minimum absolute atomic E-state index is 0.142. The Morgan fingerprint density at radius 1 is 0.811 bits per heavy atom. The summed E-state index contributed by atoms with van der Waals surface area (Å²) in [6.07, 6.45) is 3.99. The molecule has 6 rings (SSSR count). The van der Waals surface area contributed by atoms with Gasteiger partial charge in [0, 0.05) is 29.3 Å². The summed E-state index contributed by atoms with van der Waals surface area (Å²) in [5.41, 5.74) is 4.24. The number of aldehydes is 1. The van der Waals surface area contributed by atoms with Gasteiger partial charge >= 0.3 is 0 Å². The minimum atomic E-state index is -3.94. The molecule has 0 spiro atoms. The molecule has 0 fully saturated rings. The Morgan fingerprint density at radius 3 is 2.00 bits per heavy atom. The van der Waals surface area contributed by atoms with Gasteiger partial charge in [0.05, 0.1) is 21.3 Å². The summed E-state index contributed by atoms with van der Waals surface area (Å²) >= 11 is 0. The van der Waals surface area contributed by atoms with Gasteiger partial charge in [0.25, 0.3) is 20.0 Å². The molecule has 2 aliphatic rings. The van der Waals surface area contributed by atoms with E-state index >= 15 is 0 Å². The van der Waals surface area contributed by atoms with E-state index in [2.05, 4.69) is 0 Å². The lowest BCUT2D eigenvalue weighted by atomic mass is 9.78.